The summed E-state index contributed by atoms with van der Waals surface area (Å²) in [7, 11) is 3.63. The van der Waals surface area contributed by atoms with E-state index in [1.807, 2.05) is 23.7 Å². The van der Waals surface area contributed by atoms with E-state index in [1.54, 1.807) is 19.2 Å². The minimum atomic E-state index is -0.231. The van der Waals surface area contributed by atoms with Gasteiger partial charge in [-0.05, 0) is 48.7 Å². The van der Waals surface area contributed by atoms with Crippen LogP contribution in [-0.2, 0) is 7.05 Å². The number of hydrogen-bond donors (Lipinski definition) is 0. The van der Waals surface area contributed by atoms with E-state index in [1.165, 1.54) is 11.6 Å². The normalized spacial score (nSPS) is 17.6. The van der Waals surface area contributed by atoms with Crippen LogP contribution in [0.15, 0.2) is 42.5 Å². The van der Waals surface area contributed by atoms with E-state index in [2.05, 4.69) is 17.0 Å². The number of imidazole rings is 1. The Balaban J connectivity index is 1.73. The van der Waals surface area contributed by atoms with Crippen LogP contribution in [0.3, 0.4) is 0 Å². The summed E-state index contributed by atoms with van der Waals surface area (Å²) < 4.78 is 20.8. The van der Waals surface area contributed by atoms with Gasteiger partial charge in [0.1, 0.15) is 11.6 Å². The van der Waals surface area contributed by atoms with Gasteiger partial charge < -0.3 is 14.2 Å². The van der Waals surface area contributed by atoms with E-state index in [9.17, 15) is 4.39 Å². The zero-order chi connectivity index (χ0) is 16.7. The topological polar surface area (TPSA) is 30.3 Å². The van der Waals surface area contributed by atoms with Crippen molar-refractivity contribution in [2.24, 2.45) is 7.05 Å². The van der Waals surface area contributed by atoms with Crippen molar-refractivity contribution in [3.63, 3.8) is 0 Å². The lowest BCUT2D eigenvalue weighted by Crippen LogP contribution is -2.25. The largest absolute Gasteiger partial charge is 0.497 e. The second kappa shape index (κ2) is 5.82. The predicted octanol–water partition coefficient (Wildman–Crippen LogP) is 4.06. The molecule has 2 aromatic carbocycles. The van der Waals surface area contributed by atoms with Gasteiger partial charge in [-0.2, -0.15) is 0 Å². The van der Waals surface area contributed by atoms with Crippen LogP contribution in [0.1, 0.15) is 24.4 Å². The molecule has 4 nitrogen and oxygen atoms in total. The number of nitrogens with zero attached hydrogens (tertiary/aromatic N) is 3. The van der Waals surface area contributed by atoms with Crippen molar-refractivity contribution in [1.29, 1.82) is 0 Å². The van der Waals surface area contributed by atoms with E-state index in [0.29, 0.717) is 0 Å². The highest BCUT2D eigenvalue weighted by atomic mass is 19.1. The molecule has 1 saturated heterocycles. The van der Waals surface area contributed by atoms with Crippen LogP contribution in [0.25, 0.3) is 11.0 Å². The molecule has 0 radical (unpaired) electrons. The number of benzene rings is 2. The van der Waals surface area contributed by atoms with E-state index < -0.39 is 0 Å². The fourth-order valence-corrected chi connectivity index (χ4v) is 3.59. The third-order valence-electron chi connectivity index (χ3n) is 4.83. The molecule has 0 aliphatic carbocycles. The number of halogens is 1. The van der Waals surface area contributed by atoms with Gasteiger partial charge in [0.2, 0.25) is 5.95 Å². The second-order valence-corrected chi connectivity index (χ2v) is 6.23. The number of anilines is 1. The quantitative estimate of drug-likeness (QED) is 0.727. The number of aromatic nitrogens is 2. The van der Waals surface area contributed by atoms with Gasteiger partial charge in [0.15, 0.2) is 0 Å². The van der Waals surface area contributed by atoms with Crippen molar-refractivity contribution in [3.05, 3.63) is 53.8 Å². The smallest absolute Gasteiger partial charge is 0.206 e. The molecule has 0 amide bonds. The standard InChI is InChI=1S/C19H20FN3O/c1-22-18-12-14(20)7-10-16(18)21-19(22)23-11-3-4-17(23)13-5-8-15(24-2)9-6-13/h5-10,12,17H,3-4,11H2,1-2H3. The van der Waals surface area contributed by atoms with Gasteiger partial charge in [0.05, 0.1) is 24.2 Å². The van der Waals surface area contributed by atoms with Gasteiger partial charge in [-0.1, -0.05) is 12.1 Å². The summed E-state index contributed by atoms with van der Waals surface area (Å²) in [6.07, 6.45) is 2.21. The summed E-state index contributed by atoms with van der Waals surface area (Å²) in [4.78, 5) is 7.06. The Bertz CT molecular complexity index is 872. The highest BCUT2D eigenvalue weighted by Gasteiger charge is 2.29. The minimum absolute atomic E-state index is 0.231. The molecule has 0 spiro atoms. The predicted molar refractivity (Wildman–Crippen MR) is 93.0 cm³/mol. The molecule has 0 saturated carbocycles. The third kappa shape index (κ3) is 2.40. The Morgan fingerprint density at radius 1 is 1.17 bits per heavy atom. The first-order valence-electron chi connectivity index (χ1n) is 8.20. The maximum atomic E-state index is 13.5. The first-order chi connectivity index (χ1) is 11.7. The van der Waals surface area contributed by atoms with Crippen LogP contribution in [0.5, 0.6) is 5.75 Å². The Kier molecular flexibility index (Phi) is 3.63. The van der Waals surface area contributed by atoms with Crippen LogP contribution in [0.2, 0.25) is 0 Å². The molecule has 24 heavy (non-hydrogen) atoms. The summed E-state index contributed by atoms with van der Waals surface area (Å²) in [5, 5.41) is 0. The lowest BCUT2D eigenvalue weighted by molar-refractivity contribution is 0.414. The fourth-order valence-electron chi connectivity index (χ4n) is 3.59. The van der Waals surface area contributed by atoms with E-state index in [0.717, 1.165) is 42.1 Å². The maximum absolute atomic E-state index is 13.5. The first-order valence-corrected chi connectivity index (χ1v) is 8.20. The van der Waals surface area contributed by atoms with Crippen molar-refractivity contribution in [2.75, 3.05) is 18.6 Å². The van der Waals surface area contributed by atoms with Crippen LogP contribution in [-0.4, -0.2) is 23.2 Å². The lowest BCUT2D eigenvalue weighted by atomic mass is 10.0. The molecule has 1 aliphatic heterocycles. The molecule has 1 aromatic heterocycles. The fraction of sp³-hybridized carbons (Fsp3) is 0.316. The molecule has 1 atom stereocenters. The SMILES string of the molecule is COc1ccc(C2CCCN2c2nc3ccc(F)cc3n2C)cc1. The average molecular weight is 325 g/mol. The van der Waals surface area contributed by atoms with Gasteiger partial charge in [0, 0.05) is 13.6 Å². The summed E-state index contributed by atoms with van der Waals surface area (Å²) in [6.45, 7) is 0.955. The number of hydrogen-bond acceptors (Lipinski definition) is 3. The molecule has 2 heterocycles. The van der Waals surface area contributed by atoms with Crippen molar-refractivity contribution in [3.8, 4) is 5.75 Å². The van der Waals surface area contributed by atoms with Crippen LogP contribution >= 0.6 is 0 Å². The minimum Gasteiger partial charge on any atom is -0.497 e. The number of rotatable bonds is 3. The molecular weight excluding hydrogens is 305 g/mol. The highest BCUT2D eigenvalue weighted by Crippen LogP contribution is 2.37. The molecule has 3 aromatic rings. The van der Waals surface area contributed by atoms with Gasteiger partial charge in [0.25, 0.3) is 0 Å². The number of fused-ring (bicyclic) bond motifs is 1. The molecule has 124 valence electrons. The van der Waals surface area contributed by atoms with E-state index in [-0.39, 0.29) is 11.9 Å². The Hall–Kier alpha value is -2.56. The number of ether oxygens (including phenoxy) is 1. The summed E-state index contributed by atoms with van der Waals surface area (Å²) in [5.41, 5.74) is 2.91. The molecule has 1 aliphatic rings. The zero-order valence-electron chi connectivity index (χ0n) is 13.9. The third-order valence-corrected chi connectivity index (χ3v) is 4.83. The van der Waals surface area contributed by atoms with Crippen molar-refractivity contribution in [1.82, 2.24) is 9.55 Å². The molecule has 0 bridgehead atoms. The van der Waals surface area contributed by atoms with E-state index in [4.69, 9.17) is 9.72 Å². The first kappa shape index (κ1) is 15.0. The zero-order valence-corrected chi connectivity index (χ0v) is 13.9. The monoisotopic (exact) mass is 325 g/mol. The molecule has 1 fully saturated rings. The van der Waals surface area contributed by atoms with Gasteiger partial charge >= 0.3 is 0 Å². The molecular formula is C19H20FN3O. The van der Waals surface area contributed by atoms with Crippen molar-refractivity contribution < 1.29 is 9.13 Å². The summed E-state index contributed by atoms with van der Waals surface area (Å²) >= 11 is 0. The summed E-state index contributed by atoms with van der Waals surface area (Å²) in [5.74, 6) is 1.53. The molecule has 4 rings (SSSR count). The Labute approximate surface area is 140 Å². The van der Waals surface area contributed by atoms with Crippen LogP contribution in [0.4, 0.5) is 10.3 Å². The number of aryl methyl sites for hydroxylation is 1. The highest BCUT2D eigenvalue weighted by molar-refractivity contribution is 5.79. The molecule has 5 heteroatoms. The van der Waals surface area contributed by atoms with E-state index >= 15 is 0 Å². The van der Waals surface area contributed by atoms with Gasteiger partial charge in [-0.15, -0.1) is 0 Å². The van der Waals surface area contributed by atoms with Crippen molar-refractivity contribution in [2.45, 2.75) is 18.9 Å². The Morgan fingerprint density at radius 2 is 1.96 bits per heavy atom. The van der Waals surface area contributed by atoms with Gasteiger partial charge in [-0.3, -0.25) is 0 Å². The number of methoxy groups -OCH3 is 1. The molecule has 0 N–H and O–H groups in total. The lowest BCUT2D eigenvalue weighted by Gasteiger charge is -2.26. The van der Waals surface area contributed by atoms with Crippen molar-refractivity contribution >= 4 is 17.0 Å². The second-order valence-electron chi connectivity index (χ2n) is 6.23. The van der Waals surface area contributed by atoms with Crippen LogP contribution in [0, 0.1) is 5.82 Å². The molecule has 1 unspecified atom stereocenters. The summed E-state index contributed by atoms with van der Waals surface area (Å²) in [6, 6.07) is 13.3. The van der Waals surface area contributed by atoms with Gasteiger partial charge in [-0.25, -0.2) is 9.37 Å². The Morgan fingerprint density at radius 3 is 2.71 bits per heavy atom. The maximum Gasteiger partial charge on any atom is 0.206 e. The average Bonchev–Trinajstić information content (AvgIpc) is 3.20. The van der Waals surface area contributed by atoms with Crippen LogP contribution < -0.4 is 9.64 Å².